The summed E-state index contributed by atoms with van der Waals surface area (Å²) in [5, 5.41) is 3.60. The van der Waals surface area contributed by atoms with Crippen LogP contribution in [0.3, 0.4) is 0 Å². The molecule has 1 aromatic carbocycles. The second-order valence-electron chi connectivity index (χ2n) is 7.17. The van der Waals surface area contributed by atoms with E-state index in [0.717, 1.165) is 17.6 Å². The molecule has 0 aliphatic rings. The Morgan fingerprint density at radius 3 is 2.18 bits per heavy atom. The van der Waals surface area contributed by atoms with Crippen LogP contribution in [0.2, 0.25) is 0 Å². The molecule has 126 valence electrons. The van der Waals surface area contributed by atoms with Crippen LogP contribution in [0.5, 0.6) is 0 Å². The van der Waals surface area contributed by atoms with Crippen LogP contribution < -0.4 is 5.32 Å². The first-order valence-electron chi connectivity index (χ1n) is 9.21. The van der Waals surface area contributed by atoms with Gasteiger partial charge in [-0.05, 0) is 13.0 Å². The summed E-state index contributed by atoms with van der Waals surface area (Å²) in [7, 11) is 4.67. The number of quaternary nitrogens is 1. The predicted molar refractivity (Wildman–Crippen MR) is 98.0 cm³/mol. The number of nitrogens with one attached hydrogen (secondary N) is 1. The van der Waals surface area contributed by atoms with Gasteiger partial charge in [-0.2, -0.15) is 0 Å². The Labute approximate surface area is 138 Å². The third-order valence-corrected chi connectivity index (χ3v) is 4.28. The van der Waals surface area contributed by atoms with Gasteiger partial charge in [0, 0.05) is 18.5 Å². The lowest BCUT2D eigenvalue weighted by atomic mass is 10.1. The molecule has 0 aromatic heterocycles. The van der Waals surface area contributed by atoms with Gasteiger partial charge in [-0.15, -0.1) is 0 Å². The third kappa shape index (κ3) is 9.97. The fraction of sp³-hybridized carbons (Fsp3) is 0.700. The normalized spacial score (nSPS) is 11.8. The third-order valence-electron chi connectivity index (χ3n) is 4.28. The highest BCUT2D eigenvalue weighted by Crippen LogP contribution is 2.09. The molecule has 0 aliphatic heterocycles. The second kappa shape index (κ2) is 11.7. The van der Waals surface area contributed by atoms with E-state index >= 15 is 0 Å². The monoisotopic (exact) mass is 305 g/mol. The molecule has 2 nitrogen and oxygen atoms in total. The SMILES string of the molecule is CCCCCCCCNCCC[N+](C)(C)Cc1ccccc1. The fourth-order valence-corrected chi connectivity index (χ4v) is 2.94. The van der Waals surface area contributed by atoms with E-state index in [1.165, 1.54) is 63.6 Å². The summed E-state index contributed by atoms with van der Waals surface area (Å²) in [6, 6.07) is 10.8. The van der Waals surface area contributed by atoms with Crippen molar-refractivity contribution in [3.8, 4) is 0 Å². The maximum absolute atomic E-state index is 3.60. The Balaban J connectivity index is 1.99. The number of unbranched alkanes of at least 4 members (excludes halogenated alkanes) is 5. The Kier molecular flexibility index (Phi) is 10.2. The molecule has 1 rings (SSSR count). The van der Waals surface area contributed by atoms with Crippen LogP contribution in [0.25, 0.3) is 0 Å². The summed E-state index contributed by atoms with van der Waals surface area (Å²) in [4.78, 5) is 0. The average molecular weight is 306 g/mol. The van der Waals surface area contributed by atoms with E-state index in [4.69, 9.17) is 0 Å². The van der Waals surface area contributed by atoms with E-state index < -0.39 is 0 Å². The van der Waals surface area contributed by atoms with Crippen molar-refractivity contribution in [3.05, 3.63) is 35.9 Å². The second-order valence-corrected chi connectivity index (χ2v) is 7.17. The maximum Gasteiger partial charge on any atom is 0.104 e. The van der Waals surface area contributed by atoms with Crippen LogP contribution in [0, 0.1) is 0 Å². The van der Waals surface area contributed by atoms with Crippen molar-refractivity contribution in [2.45, 2.75) is 58.4 Å². The zero-order valence-electron chi connectivity index (χ0n) is 15.1. The molecule has 0 saturated carbocycles. The average Bonchev–Trinajstić information content (AvgIpc) is 2.49. The van der Waals surface area contributed by atoms with Crippen molar-refractivity contribution in [2.24, 2.45) is 0 Å². The van der Waals surface area contributed by atoms with Gasteiger partial charge >= 0.3 is 0 Å². The van der Waals surface area contributed by atoms with Gasteiger partial charge in [0.15, 0.2) is 0 Å². The first kappa shape index (κ1) is 19.2. The lowest BCUT2D eigenvalue weighted by Crippen LogP contribution is -2.40. The first-order chi connectivity index (χ1) is 10.6. The summed E-state index contributed by atoms with van der Waals surface area (Å²) in [5.74, 6) is 0. The van der Waals surface area contributed by atoms with Crippen LogP contribution in [-0.4, -0.2) is 38.2 Å². The summed E-state index contributed by atoms with van der Waals surface area (Å²) >= 11 is 0. The lowest BCUT2D eigenvalue weighted by Gasteiger charge is -2.30. The van der Waals surface area contributed by atoms with E-state index in [2.05, 4.69) is 56.7 Å². The smallest absolute Gasteiger partial charge is 0.104 e. The molecule has 0 spiro atoms. The van der Waals surface area contributed by atoms with Crippen molar-refractivity contribution in [1.82, 2.24) is 5.32 Å². The minimum Gasteiger partial charge on any atom is -0.325 e. The Morgan fingerprint density at radius 2 is 1.45 bits per heavy atom. The number of nitrogens with zero attached hydrogens (tertiary/aromatic N) is 1. The van der Waals surface area contributed by atoms with Crippen molar-refractivity contribution in [3.63, 3.8) is 0 Å². The van der Waals surface area contributed by atoms with Gasteiger partial charge in [0.25, 0.3) is 0 Å². The van der Waals surface area contributed by atoms with E-state index in [0.29, 0.717) is 0 Å². The van der Waals surface area contributed by atoms with Crippen LogP contribution in [0.4, 0.5) is 0 Å². The topological polar surface area (TPSA) is 12.0 Å². The standard InChI is InChI=1S/C20H37N2/c1-4-5-6-7-8-12-16-21-17-13-18-22(2,3)19-20-14-10-9-11-15-20/h9-11,14-15,21H,4-8,12-13,16-19H2,1-3H3/q+1. The number of hydrogen-bond acceptors (Lipinski definition) is 1. The van der Waals surface area contributed by atoms with E-state index in [1.54, 1.807) is 0 Å². The Bertz CT molecular complexity index is 359. The van der Waals surface area contributed by atoms with Crippen LogP contribution in [0.1, 0.15) is 57.4 Å². The molecule has 0 saturated heterocycles. The van der Waals surface area contributed by atoms with Crippen LogP contribution in [-0.2, 0) is 6.54 Å². The van der Waals surface area contributed by atoms with Crippen LogP contribution in [0.15, 0.2) is 30.3 Å². The molecular weight excluding hydrogens is 268 g/mol. The summed E-state index contributed by atoms with van der Waals surface area (Å²) in [6.45, 7) is 6.99. The molecule has 1 aromatic rings. The van der Waals surface area contributed by atoms with Gasteiger partial charge in [-0.1, -0.05) is 69.4 Å². The molecule has 0 atom stereocenters. The molecule has 2 heteroatoms. The number of rotatable bonds is 13. The van der Waals surface area contributed by atoms with E-state index in [1.807, 2.05) is 0 Å². The van der Waals surface area contributed by atoms with Crippen molar-refractivity contribution >= 4 is 0 Å². The highest BCUT2D eigenvalue weighted by molar-refractivity contribution is 5.13. The Hall–Kier alpha value is -0.860. The van der Waals surface area contributed by atoms with Gasteiger partial charge in [-0.3, -0.25) is 0 Å². The summed E-state index contributed by atoms with van der Waals surface area (Å²) in [5.41, 5.74) is 1.44. The first-order valence-corrected chi connectivity index (χ1v) is 9.21. The maximum atomic E-state index is 3.60. The minimum absolute atomic E-state index is 1.07. The van der Waals surface area contributed by atoms with E-state index in [-0.39, 0.29) is 0 Å². The van der Waals surface area contributed by atoms with Crippen molar-refractivity contribution in [1.29, 1.82) is 0 Å². The number of benzene rings is 1. The molecular formula is C20H37N2+. The minimum atomic E-state index is 1.07. The highest BCUT2D eigenvalue weighted by Gasteiger charge is 2.14. The summed E-state index contributed by atoms with van der Waals surface area (Å²) in [6.07, 6.45) is 9.57. The molecule has 0 radical (unpaired) electrons. The van der Waals surface area contributed by atoms with Gasteiger partial charge in [0.05, 0.1) is 20.6 Å². The largest absolute Gasteiger partial charge is 0.325 e. The van der Waals surface area contributed by atoms with Crippen LogP contribution >= 0.6 is 0 Å². The molecule has 0 fully saturated rings. The zero-order valence-corrected chi connectivity index (χ0v) is 15.1. The molecule has 22 heavy (non-hydrogen) atoms. The molecule has 0 aliphatic carbocycles. The van der Waals surface area contributed by atoms with E-state index in [9.17, 15) is 0 Å². The molecule has 0 bridgehead atoms. The zero-order chi connectivity index (χ0) is 16.1. The fourth-order valence-electron chi connectivity index (χ4n) is 2.94. The van der Waals surface area contributed by atoms with Crippen molar-refractivity contribution in [2.75, 3.05) is 33.7 Å². The predicted octanol–water partition coefficient (Wildman–Crippen LogP) is 4.60. The quantitative estimate of drug-likeness (QED) is 0.415. The molecule has 1 N–H and O–H groups in total. The van der Waals surface area contributed by atoms with Gasteiger partial charge < -0.3 is 9.80 Å². The van der Waals surface area contributed by atoms with Gasteiger partial charge in [0.2, 0.25) is 0 Å². The van der Waals surface area contributed by atoms with Gasteiger partial charge in [-0.25, -0.2) is 0 Å². The number of hydrogen-bond donors (Lipinski definition) is 1. The Morgan fingerprint density at radius 1 is 0.818 bits per heavy atom. The molecule has 0 unspecified atom stereocenters. The highest BCUT2D eigenvalue weighted by atomic mass is 15.3. The molecule has 0 heterocycles. The van der Waals surface area contributed by atoms with Crippen molar-refractivity contribution < 1.29 is 4.48 Å². The molecule has 0 amide bonds. The summed E-state index contributed by atoms with van der Waals surface area (Å²) < 4.78 is 1.07. The lowest BCUT2D eigenvalue weighted by molar-refractivity contribution is -0.903. The van der Waals surface area contributed by atoms with Gasteiger partial charge in [0.1, 0.15) is 6.54 Å².